The summed E-state index contributed by atoms with van der Waals surface area (Å²) in [7, 11) is 0. The van der Waals surface area contributed by atoms with Gasteiger partial charge in [0.1, 0.15) is 0 Å². The van der Waals surface area contributed by atoms with Crippen LogP contribution < -0.4 is 0 Å². The Hall–Kier alpha value is -1.02. The first-order chi connectivity index (χ1) is 9.85. The second-order valence-electron chi connectivity index (χ2n) is 6.49. The van der Waals surface area contributed by atoms with Crippen LogP contribution in [0.25, 0.3) is 0 Å². The van der Waals surface area contributed by atoms with Crippen LogP contribution in [0.15, 0.2) is 24.3 Å². The quantitative estimate of drug-likeness (QED) is 0.688. The van der Waals surface area contributed by atoms with E-state index >= 15 is 0 Å². The van der Waals surface area contributed by atoms with E-state index in [1.807, 2.05) is 17.0 Å². The highest BCUT2D eigenvalue weighted by Gasteiger charge is 2.22. The molecule has 0 aliphatic carbocycles. The molecule has 0 saturated carbocycles. The van der Waals surface area contributed by atoms with E-state index in [9.17, 15) is 4.79 Å². The summed E-state index contributed by atoms with van der Waals surface area (Å²) in [4.78, 5) is 14.6. The Balaban J connectivity index is 2.98. The number of hydrogen-bond donors (Lipinski definition) is 0. The van der Waals surface area contributed by atoms with Crippen LogP contribution in [0.3, 0.4) is 0 Å². The monoisotopic (exact) mass is 309 g/mol. The number of halogens is 1. The van der Waals surface area contributed by atoms with Crippen molar-refractivity contribution in [1.29, 1.82) is 0 Å². The summed E-state index contributed by atoms with van der Waals surface area (Å²) in [6.07, 6.45) is 1.92. The number of hydrogen-bond acceptors (Lipinski definition) is 1. The SMILES string of the molecule is CCC(CC)N(CCCl)C(=O)c1ccc(C(C)(C)C)cc1. The lowest BCUT2D eigenvalue weighted by Gasteiger charge is -2.30. The Morgan fingerprint density at radius 1 is 1.14 bits per heavy atom. The van der Waals surface area contributed by atoms with Gasteiger partial charge in [-0.2, -0.15) is 0 Å². The molecule has 0 unspecified atom stereocenters. The number of nitrogens with zero attached hydrogens (tertiary/aromatic N) is 1. The lowest BCUT2D eigenvalue weighted by Crippen LogP contribution is -2.41. The Kier molecular flexibility index (Phi) is 6.73. The number of benzene rings is 1. The van der Waals surface area contributed by atoms with Crippen molar-refractivity contribution in [2.24, 2.45) is 0 Å². The zero-order valence-corrected chi connectivity index (χ0v) is 14.7. The molecule has 0 fully saturated rings. The molecule has 0 atom stereocenters. The number of rotatable bonds is 6. The second kappa shape index (κ2) is 7.84. The molecule has 2 nitrogen and oxygen atoms in total. The zero-order valence-electron chi connectivity index (χ0n) is 13.9. The average molecular weight is 310 g/mol. The van der Waals surface area contributed by atoms with Gasteiger partial charge < -0.3 is 4.90 Å². The van der Waals surface area contributed by atoms with Gasteiger partial charge in [-0.05, 0) is 36.0 Å². The first-order valence-electron chi connectivity index (χ1n) is 7.82. The third kappa shape index (κ3) is 4.74. The molecular formula is C18H28ClNO. The van der Waals surface area contributed by atoms with E-state index in [2.05, 4.69) is 46.8 Å². The molecule has 1 amide bonds. The van der Waals surface area contributed by atoms with Gasteiger partial charge >= 0.3 is 0 Å². The molecule has 0 N–H and O–H groups in total. The number of amides is 1. The molecule has 21 heavy (non-hydrogen) atoms. The van der Waals surface area contributed by atoms with Gasteiger partial charge in [-0.25, -0.2) is 0 Å². The highest BCUT2D eigenvalue weighted by atomic mass is 35.5. The van der Waals surface area contributed by atoms with E-state index in [-0.39, 0.29) is 17.4 Å². The lowest BCUT2D eigenvalue weighted by molar-refractivity contribution is 0.0681. The van der Waals surface area contributed by atoms with Gasteiger partial charge in [-0.3, -0.25) is 4.79 Å². The molecule has 1 aromatic carbocycles. The smallest absolute Gasteiger partial charge is 0.254 e. The van der Waals surface area contributed by atoms with Crippen LogP contribution in [0.1, 0.15) is 63.4 Å². The Morgan fingerprint density at radius 3 is 2.05 bits per heavy atom. The molecule has 118 valence electrons. The average Bonchev–Trinajstić information content (AvgIpc) is 2.46. The van der Waals surface area contributed by atoms with Gasteiger partial charge in [-0.15, -0.1) is 11.6 Å². The normalized spacial score (nSPS) is 11.8. The summed E-state index contributed by atoms with van der Waals surface area (Å²) in [5.74, 6) is 0.562. The molecule has 3 heteroatoms. The van der Waals surface area contributed by atoms with E-state index in [1.165, 1.54) is 5.56 Å². The molecule has 0 aliphatic rings. The summed E-state index contributed by atoms with van der Waals surface area (Å²) in [6, 6.07) is 8.25. The predicted octanol–water partition coefficient (Wildman–Crippen LogP) is 4.85. The summed E-state index contributed by atoms with van der Waals surface area (Å²) in [5, 5.41) is 0. The maximum absolute atomic E-state index is 12.7. The van der Waals surface area contributed by atoms with Crippen LogP contribution in [-0.2, 0) is 5.41 Å². The molecule has 1 aromatic rings. The Morgan fingerprint density at radius 2 is 1.67 bits per heavy atom. The van der Waals surface area contributed by atoms with Crippen molar-refractivity contribution in [2.75, 3.05) is 12.4 Å². The molecule has 0 bridgehead atoms. The predicted molar refractivity (Wildman–Crippen MR) is 91.3 cm³/mol. The molecule has 0 saturated heterocycles. The minimum atomic E-state index is 0.0878. The van der Waals surface area contributed by atoms with Crippen molar-refractivity contribution >= 4 is 17.5 Å². The number of alkyl halides is 1. The molecular weight excluding hydrogens is 282 g/mol. The van der Waals surface area contributed by atoms with Crippen LogP contribution in [0.2, 0.25) is 0 Å². The van der Waals surface area contributed by atoms with Crippen LogP contribution >= 0.6 is 11.6 Å². The van der Waals surface area contributed by atoms with E-state index < -0.39 is 0 Å². The van der Waals surface area contributed by atoms with Crippen molar-refractivity contribution in [2.45, 2.75) is 58.9 Å². The molecule has 0 aromatic heterocycles. The molecule has 0 radical (unpaired) electrons. The fraction of sp³-hybridized carbons (Fsp3) is 0.611. The number of carbonyl (C=O) groups excluding carboxylic acids is 1. The molecule has 0 heterocycles. The highest BCUT2D eigenvalue weighted by Crippen LogP contribution is 2.23. The van der Waals surface area contributed by atoms with E-state index in [4.69, 9.17) is 11.6 Å². The maximum Gasteiger partial charge on any atom is 0.254 e. The highest BCUT2D eigenvalue weighted by molar-refractivity contribution is 6.18. The lowest BCUT2D eigenvalue weighted by atomic mass is 9.86. The minimum Gasteiger partial charge on any atom is -0.334 e. The van der Waals surface area contributed by atoms with Gasteiger partial charge in [0, 0.05) is 24.0 Å². The fourth-order valence-electron chi connectivity index (χ4n) is 2.55. The van der Waals surface area contributed by atoms with Gasteiger partial charge in [0.25, 0.3) is 5.91 Å². The number of carbonyl (C=O) groups is 1. The molecule has 1 rings (SSSR count). The van der Waals surface area contributed by atoms with Crippen LogP contribution in [-0.4, -0.2) is 29.3 Å². The standard InChI is InChI=1S/C18H28ClNO/c1-6-16(7-2)20(13-12-19)17(21)14-8-10-15(11-9-14)18(3,4)5/h8-11,16H,6-7,12-13H2,1-5H3. The first-order valence-corrected chi connectivity index (χ1v) is 8.36. The third-order valence-corrected chi connectivity index (χ3v) is 4.14. The van der Waals surface area contributed by atoms with Crippen molar-refractivity contribution < 1.29 is 4.79 Å². The molecule has 0 aliphatic heterocycles. The first kappa shape index (κ1) is 18.0. The van der Waals surface area contributed by atoms with Crippen molar-refractivity contribution in [3.8, 4) is 0 Å². The second-order valence-corrected chi connectivity index (χ2v) is 6.86. The largest absolute Gasteiger partial charge is 0.334 e. The maximum atomic E-state index is 12.7. The van der Waals surface area contributed by atoms with E-state index in [0.29, 0.717) is 12.4 Å². The van der Waals surface area contributed by atoms with Crippen LogP contribution in [0, 0.1) is 0 Å². The summed E-state index contributed by atoms with van der Waals surface area (Å²) in [6.45, 7) is 11.4. The Bertz CT molecular complexity index is 443. The molecule has 0 spiro atoms. The summed E-state index contributed by atoms with van der Waals surface area (Å²) in [5.41, 5.74) is 2.10. The van der Waals surface area contributed by atoms with Crippen molar-refractivity contribution in [1.82, 2.24) is 4.90 Å². The topological polar surface area (TPSA) is 20.3 Å². The van der Waals surface area contributed by atoms with E-state index in [1.54, 1.807) is 0 Å². The summed E-state index contributed by atoms with van der Waals surface area (Å²) < 4.78 is 0. The van der Waals surface area contributed by atoms with Gasteiger partial charge in [0.15, 0.2) is 0 Å². The fourth-order valence-corrected chi connectivity index (χ4v) is 2.73. The van der Waals surface area contributed by atoms with E-state index in [0.717, 1.165) is 18.4 Å². The summed E-state index contributed by atoms with van der Waals surface area (Å²) >= 11 is 5.88. The minimum absolute atomic E-state index is 0.0878. The van der Waals surface area contributed by atoms with Crippen molar-refractivity contribution in [3.05, 3.63) is 35.4 Å². The van der Waals surface area contributed by atoms with Crippen LogP contribution in [0.5, 0.6) is 0 Å². The Labute approximate surface area is 134 Å². The van der Waals surface area contributed by atoms with Gasteiger partial charge in [0.2, 0.25) is 0 Å². The zero-order chi connectivity index (χ0) is 16.0. The van der Waals surface area contributed by atoms with Crippen molar-refractivity contribution in [3.63, 3.8) is 0 Å². The third-order valence-electron chi connectivity index (χ3n) is 3.97. The van der Waals surface area contributed by atoms with Gasteiger partial charge in [0.05, 0.1) is 0 Å². The van der Waals surface area contributed by atoms with Crippen LogP contribution in [0.4, 0.5) is 0 Å². The van der Waals surface area contributed by atoms with Gasteiger partial charge in [-0.1, -0.05) is 46.8 Å².